The Morgan fingerprint density at radius 2 is 2.04 bits per heavy atom. The molecule has 3 aliphatic rings. The molecule has 5 heteroatoms. The zero-order valence-electron chi connectivity index (χ0n) is 14.1. The molecule has 0 spiro atoms. The molecule has 4 rings (SSSR count). The molecule has 2 aliphatic heterocycles. The molecule has 1 aromatic rings. The number of benzene rings is 1. The van der Waals surface area contributed by atoms with Crippen molar-refractivity contribution in [3.05, 3.63) is 28.2 Å². The van der Waals surface area contributed by atoms with E-state index >= 15 is 0 Å². The Labute approximate surface area is 152 Å². The van der Waals surface area contributed by atoms with Gasteiger partial charge in [0.2, 0.25) is 5.91 Å². The zero-order valence-corrected chi connectivity index (χ0v) is 15.7. The maximum Gasteiger partial charge on any atom is 0.226 e. The third kappa shape index (κ3) is 2.48. The summed E-state index contributed by atoms with van der Waals surface area (Å²) in [6.45, 7) is 0.958. The standard InChI is InChI=1S/C19H25BrN2O2/c1-21-16-7-6-13(20)10-15(16)18-14(17(21)11-23)8-9-22(18)19(24)12-4-2-3-5-12/h6-7,10,12,14,17-18,23H,2-5,8-9,11H2,1H3/t14-,17+,18-/m0/s1. The number of hydrogen-bond acceptors (Lipinski definition) is 3. The molecule has 0 radical (unpaired) electrons. The van der Waals surface area contributed by atoms with Gasteiger partial charge >= 0.3 is 0 Å². The normalized spacial score (nSPS) is 29.7. The number of anilines is 1. The van der Waals surface area contributed by atoms with Gasteiger partial charge in [0.25, 0.3) is 0 Å². The van der Waals surface area contributed by atoms with Crippen LogP contribution in [0.15, 0.2) is 22.7 Å². The van der Waals surface area contributed by atoms with E-state index in [1.165, 1.54) is 18.4 Å². The highest BCUT2D eigenvalue weighted by atomic mass is 79.9. The van der Waals surface area contributed by atoms with Gasteiger partial charge in [0.15, 0.2) is 0 Å². The van der Waals surface area contributed by atoms with E-state index in [-0.39, 0.29) is 24.6 Å². The van der Waals surface area contributed by atoms with Crippen molar-refractivity contribution in [2.24, 2.45) is 11.8 Å². The predicted octanol–water partition coefficient (Wildman–Crippen LogP) is 3.34. The van der Waals surface area contributed by atoms with Crippen molar-refractivity contribution in [2.75, 3.05) is 25.1 Å². The molecule has 3 atom stereocenters. The largest absolute Gasteiger partial charge is 0.394 e. The minimum absolute atomic E-state index is 0.0880. The summed E-state index contributed by atoms with van der Waals surface area (Å²) in [5.41, 5.74) is 2.37. The number of likely N-dealkylation sites (N-methyl/N-ethyl adjacent to an activating group) is 1. The highest BCUT2D eigenvalue weighted by Crippen LogP contribution is 2.49. The number of likely N-dealkylation sites (tertiary alicyclic amines) is 1. The number of aliphatic hydroxyl groups is 1. The van der Waals surface area contributed by atoms with Crippen LogP contribution >= 0.6 is 15.9 Å². The van der Waals surface area contributed by atoms with Gasteiger partial charge in [-0.1, -0.05) is 28.8 Å². The van der Waals surface area contributed by atoms with Gasteiger partial charge in [0.1, 0.15) is 0 Å². The molecule has 2 heterocycles. The summed E-state index contributed by atoms with van der Waals surface area (Å²) < 4.78 is 1.05. The molecule has 24 heavy (non-hydrogen) atoms. The molecular weight excluding hydrogens is 368 g/mol. The Morgan fingerprint density at radius 3 is 2.75 bits per heavy atom. The van der Waals surface area contributed by atoms with Gasteiger partial charge in [0, 0.05) is 35.6 Å². The van der Waals surface area contributed by atoms with Crippen LogP contribution in [0.1, 0.15) is 43.7 Å². The summed E-state index contributed by atoms with van der Waals surface area (Å²) in [4.78, 5) is 17.4. The van der Waals surface area contributed by atoms with Crippen molar-refractivity contribution >= 4 is 27.5 Å². The van der Waals surface area contributed by atoms with Crippen molar-refractivity contribution in [3.8, 4) is 0 Å². The summed E-state index contributed by atoms with van der Waals surface area (Å²) >= 11 is 3.59. The second-order valence-corrected chi connectivity index (χ2v) is 8.39. The van der Waals surface area contributed by atoms with E-state index in [0.29, 0.717) is 11.8 Å². The van der Waals surface area contributed by atoms with E-state index in [4.69, 9.17) is 0 Å². The highest BCUT2D eigenvalue weighted by Gasteiger charge is 2.48. The molecule has 2 fully saturated rings. The lowest BCUT2D eigenvalue weighted by Gasteiger charge is -2.44. The number of rotatable bonds is 2. The molecule has 0 unspecified atom stereocenters. The fraction of sp³-hybridized carbons (Fsp3) is 0.632. The summed E-state index contributed by atoms with van der Waals surface area (Å²) in [5, 5.41) is 9.97. The van der Waals surface area contributed by atoms with Crippen LogP contribution in [-0.4, -0.2) is 42.2 Å². The second-order valence-electron chi connectivity index (χ2n) is 7.47. The molecule has 1 N–H and O–H groups in total. The zero-order chi connectivity index (χ0) is 16.8. The molecule has 1 aliphatic carbocycles. The minimum atomic E-state index is 0.0880. The van der Waals surface area contributed by atoms with Gasteiger partial charge in [-0.15, -0.1) is 0 Å². The lowest BCUT2D eigenvalue weighted by molar-refractivity contribution is -0.136. The van der Waals surface area contributed by atoms with E-state index in [2.05, 4.69) is 44.9 Å². The van der Waals surface area contributed by atoms with E-state index in [1.54, 1.807) is 0 Å². The van der Waals surface area contributed by atoms with Crippen molar-refractivity contribution < 1.29 is 9.90 Å². The van der Waals surface area contributed by atoms with Crippen LogP contribution in [-0.2, 0) is 4.79 Å². The van der Waals surface area contributed by atoms with E-state index in [9.17, 15) is 9.90 Å². The summed E-state index contributed by atoms with van der Waals surface area (Å²) in [6, 6.07) is 6.51. The smallest absolute Gasteiger partial charge is 0.226 e. The first-order valence-corrected chi connectivity index (χ1v) is 9.84. The number of nitrogens with zero attached hydrogens (tertiary/aromatic N) is 2. The fourth-order valence-corrected chi connectivity index (χ4v) is 5.46. The molecular formula is C19H25BrN2O2. The lowest BCUT2D eigenvalue weighted by atomic mass is 9.82. The first-order valence-electron chi connectivity index (χ1n) is 9.05. The number of fused-ring (bicyclic) bond motifs is 3. The van der Waals surface area contributed by atoms with Crippen LogP contribution in [0.2, 0.25) is 0 Å². The average molecular weight is 393 g/mol. The van der Waals surface area contributed by atoms with Crippen LogP contribution in [0.3, 0.4) is 0 Å². The van der Waals surface area contributed by atoms with Crippen molar-refractivity contribution in [3.63, 3.8) is 0 Å². The van der Waals surface area contributed by atoms with Crippen LogP contribution in [0.25, 0.3) is 0 Å². The Hall–Kier alpha value is -1.07. The number of carbonyl (C=O) groups excluding carboxylic acids is 1. The third-order valence-corrected chi connectivity index (χ3v) is 6.79. The summed E-state index contributed by atoms with van der Waals surface area (Å²) in [5.74, 6) is 0.867. The van der Waals surface area contributed by atoms with Gasteiger partial charge in [-0.3, -0.25) is 4.79 Å². The summed E-state index contributed by atoms with van der Waals surface area (Å²) in [6.07, 6.45) is 5.43. The number of aliphatic hydroxyl groups excluding tert-OH is 1. The fourth-order valence-electron chi connectivity index (χ4n) is 5.08. The topological polar surface area (TPSA) is 43.8 Å². The van der Waals surface area contributed by atoms with E-state index in [0.717, 1.165) is 36.0 Å². The Kier molecular flexibility index (Phi) is 4.33. The molecule has 130 valence electrons. The minimum Gasteiger partial charge on any atom is -0.394 e. The number of hydrogen-bond donors (Lipinski definition) is 1. The summed E-state index contributed by atoms with van der Waals surface area (Å²) in [7, 11) is 2.06. The molecule has 0 aromatic heterocycles. The molecule has 1 aromatic carbocycles. The van der Waals surface area contributed by atoms with Crippen LogP contribution in [0.4, 0.5) is 5.69 Å². The SMILES string of the molecule is CN1c2ccc(Br)cc2[C@@H]2[C@@H](CCN2C(=O)C2CCCC2)[C@H]1CO. The Balaban J connectivity index is 1.74. The quantitative estimate of drug-likeness (QED) is 0.838. The molecule has 1 amide bonds. The Morgan fingerprint density at radius 1 is 1.29 bits per heavy atom. The number of carbonyl (C=O) groups is 1. The highest BCUT2D eigenvalue weighted by molar-refractivity contribution is 9.10. The lowest BCUT2D eigenvalue weighted by Crippen LogP contribution is -2.48. The Bertz CT molecular complexity index is 644. The van der Waals surface area contributed by atoms with Crippen LogP contribution in [0, 0.1) is 11.8 Å². The number of amides is 1. The molecule has 0 bridgehead atoms. The maximum atomic E-state index is 13.1. The van der Waals surface area contributed by atoms with E-state index < -0.39 is 0 Å². The predicted molar refractivity (Wildman–Crippen MR) is 97.9 cm³/mol. The molecule has 4 nitrogen and oxygen atoms in total. The third-order valence-electron chi connectivity index (χ3n) is 6.30. The van der Waals surface area contributed by atoms with Crippen molar-refractivity contribution in [2.45, 2.75) is 44.2 Å². The average Bonchev–Trinajstić information content (AvgIpc) is 3.24. The van der Waals surface area contributed by atoms with Gasteiger partial charge in [-0.05, 0) is 43.0 Å². The maximum absolute atomic E-state index is 13.1. The van der Waals surface area contributed by atoms with Gasteiger partial charge < -0.3 is 14.9 Å². The van der Waals surface area contributed by atoms with Gasteiger partial charge in [-0.2, -0.15) is 0 Å². The first-order chi connectivity index (χ1) is 11.6. The van der Waals surface area contributed by atoms with Crippen LogP contribution < -0.4 is 4.90 Å². The van der Waals surface area contributed by atoms with Crippen molar-refractivity contribution in [1.29, 1.82) is 0 Å². The van der Waals surface area contributed by atoms with Gasteiger partial charge in [-0.25, -0.2) is 0 Å². The number of halogens is 1. The van der Waals surface area contributed by atoms with Crippen LogP contribution in [0.5, 0.6) is 0 Å². The second kappa shape index (κ2) is 6.34. The molecule has 1 saturated carbocycles. The van der Waals surface area contributed by atoms with E-state index in [1.807, 2.05) is 6.07 Å². The molecule has 1 saturated heterocycles. The first kappa shape index (κ1) is 16.4. The van der Waals surface area contributed by atoms with Crippen molar-refractivity contribution in [1.82, 2.24) is 4.90 Å². The van der Waals surface area contributed by atoms with Gasteiger partial charge in [0.05, 0.1) is 18.7 Å². The monoisotopic (exact) mass is 392 g/mol.